The van der Waals surface area contributed by atoms with E-state index in [4.69, 9.17) is 16.3 Å². The second-order valence-electron chi connectivity index (χ2n) is 4.33. The molecule has 0 aliphatic heterocycles. The number of hydrogen-bond acceptors (Lipinski definition) is 7. The molecule has 23 heavy (non-hydrogen) atoms. The zero-order valence-electron chi connectivity index (χ0n) is 11.5. The molecule has 118 valence electrons. The van der Waals surface area contributed by atoms with E-state index in [1.807, 2.05) is 0 Å². The average molecular weight is 370 g/mol. The van der Waals surface area contributed by atoms with Crippen LogP contribution in [0.4, 0.5) is 10.8 Å². The Kier molecular flexibility index (Phi) is 4.16. The third-order valence-corrected chi connectivity index (χ3v) is 5.04. The van der Waals surface area contributed by atoms with Crippen LogP contribution >= 0.6 is 34.3 Å². The molecule has 0 saturated heterocycles. The van der Waals surface area contributed by atoms with Crippen LogP contribution in [0.3, 0.4) is 0 Å². The summed E-state index contributed by atoms with van der Waals surface area (Å²) in [6, 6.07) is 5.94. The molecule has 1 N–H and O–H groups in total. The number of anilines is 1. The van der Waals surface area contributed by atoms with E-state index in [2.05, 4.69) is 10.3 Å². The maximum absolute atomic E-state index is 12.1. The predicted molar refractivity (Wildman–Crippen MR) is 90.1 cm³/mol. The number of rotatable bonds is 4. The lowest BCUT2D eigenvalue weighted by Crippen LogP contribution is -2.09. The molecule has 3 rings (SSSR count). The van der Waals surface area contributed by atoms with Crippen LogP contribution in [-0.4, -0.2) is 22.9 Å². The summed E-state index contributed by atoms with van der Waals surface area (Å²) < 4.78 is 6.20. The quantitative estimate of drug-likeness (QED) is 0.549. The molecule has 0 radical (unpaired) electrons. The van der Waals surface area contributed by atoms with Crippen molar-refractivity contribution < 1.29 is 14.5 Å². The van der Waals surface area contributed by atoms with Crippen LogP contribution in [-0.2, 0) is 0 Å². The van der Waals surface area contributed by atoms with Crippen LogP contribution in [0.25, 0.3) is 10.2 Å². The van der Waals surface area contributed by atoms with E-state index in [-0.39, 0.29) is 17.3 Å². The monoisotopic (exact) mass is 369 g/mol. The van der Waals surface area contributed by atoms with E-state index in [0.717, 1.165) is 22.7 Å². The number of benzene rings is 1. The molecule has 7 nitrogen and oxygen atoms in total. The van der Waals surface area contributed by atoms with Crippen LogP contribution in [0, 0.1) is 10.1 Å². The van der Waals surface area contributed by atoms with E-state index in [9.17, 15) is 14.9 Å². The Morgan fingerprint density at radius 2 is 2.17 bits per heavy atom. The number of thiazole rings is 1. The van der Waals surface area contributed by atoms with Crippen molar-refractivity contribution in [1.29, 1.82) is 0 Å². The Morgan fingerprint density at radius 1 is 1.39 bits per heavy atom. The van der Waals surface area contributed by atoms with E-state index >= 15 is 0 Å². The zero-order valence-corrected chi connectivity index (χ0v) is 13.9. The Morgan fingerprint density at radius 3 is 2.78 bits per heavy atom. The number of hydrogen-bond donors (Lipinski definition) is 1. The predicted octanol–water partition coefficient (Wildman–Crippen LogP) is 4.18. The van der Waals surface area contributed by atoms with Crippen LogP contribution in [0.2, 0.25) is 4.34 Å². The molecular formula is C13H8ClN3O4S2. The van der Waals surface area contributed by atoms with Crippen LogP contribution < -0.4 is 10.1 Å². The van der Waals surface area contributed by atoms with Gasteiger partial charge in [-0.25, -0.2) is 4.98 Å². The number of ether oxygens (including phenoxy) is 1. The molecule has 0 aliphatic carbocycles. The van der Waals surface area contributed by atoms with Gasteiger partial charge in [0.1, 0.15) is 5.52 Å². The molecule has 1 amide bonds. The van der Waals surface area contributed by atoms with E-state index < -0.39 is 4.92 Å². The topological polar surface area (TPSA) is 94.4 Å². The van der Waals surface area contributed by atoms with Gasteiger partial charge >= 0.3 is 0 Å². The Bertz CT molecular complexity index is 921. The summed E-state index contributed by atoms with van der Waals surface area (Å²) in [4.78, 5) is 27.3. The summed E-state index contributed by atoms with van der Waals surface area (Å²) in [5.41, 5.74) is 0.364. The van der Waals surface area contributed by atoms with Gasteiger partial charge in [-0.15, -0.1) is 11.3 Å². The number of carbonyl (C=O) groups excluding carboxylic acids is 1. The van der Waals surface area contributed by atoms with Gasteiger partial charge in [0.25, 0.3) is 11.6 Å². The van der Waals surface area contributed by atoms with Gasteiger partial charge in [-0.3, -0.25) is 20.2 Å². The van der Waals surface area contributed by atoms with Crippen molar-refractivity contribution in [3.8, 4) is 5.75 Å². The van der Waals surface area contributed by atoms with Crippen molar-refractivity contribution in [2.24, 2.45) is 0 Å². The number of nitro benzene ring substituents is 1. The number of carbonyl (C=O) groups is 1. The SMILES string of the molecule is COc1cc([N+](=O)[O-])cc2sc(NC(=O)c3ccc(Cl)s3)nc12. The number of nitrogens with zero attached hydrogens (tertiary/aromatic N) is 2. The number of thiophene rings is 1. The van der Waals surface area contributed by atoms with Gasteiger partial charge in [0.2, 0.25) is 0 Å². The molecule has 0 saturated carbocycles. The molecule has 2 aromatic heterocycles. The smallest absolute Gasteiger partial charge is 0.274 e. The highest BCUT2D eigenvalue weighted by molar-refractivity contribution is 7.22. The fraction of sp³-hybridized carbons (Fsp3) is 0.0769. The minimum Gasteiger partial charge on any atom is -0.494 e. The van der Waals surface area contributed by atoms with Crippen molar-refractivity contribution >= 4 is 61.2 Å². The van der Waals surface area contributed by atoms with Crippen LogP contribution in [0.5, 0.6) is 5.75 Å². The molecule has 0 atom stereocenters. The third-order valence-electron chi connectivity index (χ3n) is 2.89. The zero-order chi connectivity index (χ0) is 16.6. The van der Waals surface area contributed by atoms with E-state index in [1.165, 1.54) is 19.2 Å². The Balaban J connectivity index is 1.96. The van der Waals surface area contributed by atoms with Crippen molar-refractivity contribution in [3.05, 3.63) is 43.6 Å². The third kappa shape index (κ3) is 3.11. The molecule has 0 spiro atoms. The maximum Gasteiger partial charge on any atom is 0.274 e. The summed E-state index contributed by atoms with van der Waals surface area (Å²) in [6.45, 7) is 0. The number of aromatic nitrogens is 1. The number of methoxy groups -OCH3 is 1. The van der Waals surface area contributed by atoms with Gasteiger partial charge in [-0.2, -0.15) is 0 Å². The summed E-state index contributed by atoms with van der Waals surface area (Å²) in [5, 5.41) is 13.9. The van der Waals surface area contributed by atoms with Crippen LogP contribution in [0.1, 0.15) is 9.67 Å². The lowest BCUT2D eigenvalue weighted by molar-refractivity contribution is -0.384. The normalized spacial score (nSPS) is 10.7. The second-order valence-corrected chi connectivity index (χ2v) is 7.07. The number of halogens is 1. The maximum atomic E-state index is 12.1. The molecule has 0 unspecified atom stereocenters. The highest BCUT2D eigenvalue weighted by Gasteiger charge is 2.18. The van der Waals surface area contributed by atoms with Gasteiger partial charge in [0.05, 0.1) is 32.0 Å². The van der Waals surface area contributed by atoms with Crippen molar-refractivity contribution in [3.63, 3.8) is 0 Å². The Labute approximate surface area is 142 Å². The minimum atomic E-state index is -0.506. The standard InChI is InChI=1S/C13H8ClN3O4S2/c1-21-7-4-6(17(19)20)5-9-11(7)15-13(23-9)16-12(18)8-2-3-10(14)22-8/h2-5H,1H3,(H,15,16,18). The van der Waals surface area contributed by atoms with Crippen molar-refractivity contribution in [2.45, 2.75) is 0 Å². The molecular weight excluding hydrogens is 362 g/mol. The first-order valence-corrected chi connectivity index (χ1v) is 8.18. The van der Waals surface area contributed by atoms with E-state index in [0.29, 0.717) is 24.6 Å². The average Bonchev–Trinajstić information content (AvgIpc) is 3.11. The number of nitrogens with one attached hydrogen (secondary N) is 1. The minimum absolute atomic E-state index is 0.0964. The fourth-order valence-electron chi connectivity index (χ4n) is 1.89. The summed E-state index contributed by atoms with van der Waals surface area (Å²) >= 11 is 8.09. The fourth-order valence-corrected chi connectivity index (χ4v) is 3.74. The molecule has 10 heteroatoms. The molecule has 0 aliphatic rings. The summed E-state index contributed by atoms with van der Waals surface area (Å²) in [5.74, 6) is -0.0560. The summed E-state index contributed by atoms with van der Waals surface area (Å²) in [7, 11) is 1.41. The van der Waals surface area contributed by atoms with E-state index in [1.54, 1.807) is 12.1 Å². The van der Waals surface area contributed by atoms with Gasteiger partial charge in [-0.1, -0.05) is 22.9 Å². The van der Waals surface area contributed by atoms with Crippen LogP contribution in [0.15, 0.2) is 24.3 Å². The highest BCUT2D eigenvalue weighted by Crippen LogP contribution is 2.36. The van der Waals surface area contributed by atoms with Gasteiger partial charge < -0.3 is 4.74 Å². The Hall–Kier alpha value is -2.23. The molecule has 2 heterocycles. The molecule has 1 aromatic carbocycles. The molecule has 0 fully saturated rings. The number of non-ortho nitro benzene ring substituents is 1. The molecule has 3 aromatic rings. The van der Waals surface area contributed by atoms with Gasteiger partial charge in [0.15, 0.2) is 10.9 Å². The largest absolute Gasteiger partial charge is 0.494 e. The summed E-state index contributed by atoms with van der Waals surface area (Å²) in [6.07, 6.45) is 0. The number of fused-ring (bicyclic) bond motifs is 1. The number of amides is 1. The number of nitro groups is 1. The second kappa shape index (κ2) is 6.11. The van der Waals surface area contributed by atoms with Gasteiger partial charge in [-0.05, 0) is 12.1 Å². The first-order valence-electron chi connectivity index (χ1n) is 6.17. The first-order chi connectivity index (χ1) is 11.0. The van der Waals surface area contributed by atoms with Crippen molar-refractivity contribution in [2.75, 3.05) is 12.4 Å². The van der Waals surface area contributed by atoms with Crippen molar-refractivity contribution in [1.82, 2.24) is 4.98 Å². The first kappa shape index (κ1) is 15.7. The lowest BCUT2D eigenvalue weighted by atomic mass is 10.3. The lowest BCUT2D eigenvalue weighted by Gasteiger charge is -2.00. The molecule has 0 bridgehead atoms. The van der Waals surface area contributed by atoms with Gasteiger partial charge in [0, 0.05) is 6.07 Å². The highest BCUT2D eigenvalue weighted by atomic mass is 35.5.